The van der Waals surface area contributed by atoms with Gasteiger partial charge < -0.3 is 43.7 Å². The maximum absolute atomic E-state index is 12.1. The van der Waals surface area contributed by atoms with Crippen molar-refractivity contribution in [3.8, 4) is 5.75 Å². The summed E-state index contributed by atoms with van der Waals surface area (Å²) in [7, 11) is 0. The molecule has 0 amide bonds. The van der Waals surface area contributed by atoms with E-state index < -0.39 is 60.6 Å². The van der Waals surface area contributed by atoms with Gasteiger partial charge in [0, 0.05) is 45.7 Å². The Labute approximate surface area is 267 Å². The van der Waals surface area contributed by atoms with Crippen LogP contribution in [0.25, 0.3) is 10.8 Å². The summed E-state index contributed by atoms with van der Waals surface area (Å²) >= 11 is 5.69. The first-order chi connectivity index (χ1) is 21.3. The first kappa shape index (κ1) is 35.5. The molecule has 2 N–H and O–H groups in total. The van der Waals surface area contributed by atoms with Gasteiger partial charge in [-0.25, -0.2) is 0 Å². The van der Waals surface area contributed by atoms with E-state index in [1.807, 2.05) is 56.3 Å². The second kappa shape index (κ2) is 16.3. The van der Waals surface area contributed by atoms with E-state index in [0.29, 0.717) is 5.75 Å². The molecule has 2 aromatic carbocycles. The van der Waals surface area contributed by atoms with Crippen molar-refractivity contribution in [3.63, 3.8) is 0 Å². The number of aliphatic hydroxyl groups is 1. The molecule has 0 aromatic heterocycles. The van der Waals surface area contributed by atoms with E-state index in [9.17, 15) is 24.3 Å². The van der Waals surface area contributed by atoms with Crippen LogP contribution in [0.4, 0.5) is 0 Å². The van der Waals surface area contributed by atoms with Crippen molar-refractivity contribution in [1.29, 1.82) is 0 Å². The van der Waals surface area contributed by atoms with Gasteiger partial charge >= 0.3 is 23.9 Å². The van der Waals surface area contributed by atoms with Crippen LogP contribution in [-0.2, 0) is 42.9 Å². The lowest BCUT2D eigenvalue weighted by molar-refractivity contribution is -0.255. The molecule has 14 heteroatoms. The summed E-state index contributed by atoms with van der Waals surface area (Å²) in [4.78, 5) is 49.5. The Morgan fingerprint density at radius 3 is 2.11 bits per heavy atom. The third-order valence-electron chi connectivity index (χ3n) is 6.73. The van der Waals surface area contributed by atoms with E-state index in [2.05, 4.69) is 5.32 Å². The molecule has 0 bridgehead atoms. The van der Waals surface area contributed by atoms with E-state index in [1.54, 1.807) is 4.90 Å². The fraction of sp³-hybridized carbons (Fsp3) is 0.516. The number of esters is 4. The highest BCUT2D eigenvalue weighted by Crippen LogP contribution is 2.29. The molecule has 1 saturated heterocycles. The molecule has 1 fully saturated rings. The zero-order chi connectivity index (χ0) is 33.3. The smallest absolute Gasteiger partial charge is 0.303 e. The van der Waals surface area contributed by atoms with Crippen molar-refractivity contribution < 1.29 is 52.7 Å². The van der Waals surface area contributed by atoms with E-state index in [4.69, 9.17) is 40.6 Å². The van der Waals surface area contributed by atoms with Gasteiger partial charge in [-0.05, 0) is 37.5 Å². The molecular formula is C31H40N2O11S. The maximum atomic E-state index is 12.1. The van der Waals surface area contributed by atoms with Crippen molar-refractivity contribution in [2.24, 2.45) is 0 Å². The molecule has 3 rings (SSSR count). The third kappa shape index (κ3) is 10.3. The molecule has 0 saturated carbocycles. The summed E-state index contributed by atoms with van der Waals surface area (Å²) in [6.07, 6.45) is -7.34. The van der Waals surface area contributed by atoms with E-state index in [-0.39, 0.29) is 30.9 Å². The topological polar surface area (TPSA) is 159 Å². The van der Waals surface area contributed by atoms with Crippen LogP contribution in [-0.4, -0.2) is 102 Å². The van der Waals surface area contributed by atoms with Crippen LogP contribution < -0.4 is 10.1 Å². The van der Waals surface area contributed by atoms with Crippen LogP contribution in [0.15, 0.2) is 42.5 Å². The van der Waals surface area contributed by atoms with Gasteiger partial charge in [0.2, 0.25) is 0 Å². The average molecular weight is 649 g/mol. The van der Waals surface area contributed by atoms with Crippen LogP contribution in [0.3, 0.4) is 0 Å². The van der Waals surface area contributed by atoms with Crippen molar-refractivity contribution >= 4 is 52.0 Å². The molecule has 1 aliphatic heterocycles. The van der Waals surface area contributed by atoms with Gasteiger partial charge in [-0.1, -0.05) is 36.4 Å². The molecule has 45 heavy (non-hydrogen) atoms. The molecule has 246 valence electrons. The lowest BCUT2D eigenvalue weighted by atomic mass is 9.97. The number of carbonyl (C=O) groups is 4. The standard InChI is InChI=1S/C31H40N2O11S/c1-17(2)33(14-23(38)15-40-25-13-9-11-22-10-7-8-12-24(22)25)31(45)32-30-29(43-21(6)37)28(42-20(5)36)27(41-19(4)35)26(44-30)16-39-18(3)34/h7-13,17,23,26-30,38H,14-16H2,1-6H3,(H,32,45)/t23?,26-,27-,28+,29-,30-/m1/s1. The Kier molecular flexibility index (Phi) is 12.9. The summed E-state index contributed by atoms with van der Waals surface area (Å²) in [6, 6.07) is 13.2. The zero-order valence-corrected chi connectivity index (χ0v) is 26.9. The number of ether oxygens (including phenoxy) is 6. The quantitative estimate of drug-likeness (QED) is 0.196. The van der Waals surface area contributed by atoms with Gasteiger partial charge in [0.05, 0.1) is 0 Å². The first-order valence-corrected chi connectivity index (χ1v) is 14.8. The first-order valence-electron chi connectivity index (χ1n) is 14.4. The second-order valence-corrected chi connectivity index (χ2v) is 11.1. The fourth-order valence-corrected chi connectivity index (χ4v) is 5.27. The Balaban J connectivity index is 1.81. The predicted molar refractivity (Wildman–Crippen MR) is 165 cm³/mol. The number of rotatable bonds is 12. The molecule has 0 spiro atoms. The van der Waals surface area contributed by atoms with Crippen LogP contribution in [0, 0.1) is 0 Å². The highest BCUT2D eigenvalue weighted by Gasteiger charge is 2.52. The van der Waals surface area contributed by atoms with Crippen LogP contribution >= 0.6 is 12.2 Å². The molecular weight excluding hydrogens is 608 g/mol. The van der Waals surface area contributed by atoms with Crippen LogP contribution in [0.5, 0.6) is 5.75 Å². The third-order valence-corrected chi connectivity index (χ3v) is 7.08. The normalized spacial score (nSPS) is 21.7. The Bertz CT molecular complexity index is 1360. The van der Waals surface area contributed by atoms with E-state index in [1.165, 1.54) is 6.92 Å². The Morgan fingerprint density at radius 2 is 1.49 bits per heavy atom. The highest BCUT2D eigenvalue weighted by atomic mass is 32.1. The van der Waals surface area contributed by atoms with Crippen LogP contribution in [0.2, 0.25) is 0 Å². The molecule has 2 aromatic rings. The Morgan fingerprint density at radius 1 is 0.889 bits per heavy atom. The van der Waals surface area contributed by atoms with Gasteiger partial charge in [-0.15, -0.1) is 0 Å². The van der Waals surface area contributed by atoms with Gasteiger partial charge in [-0.3, -0.25) is 19.2 Å². The number of aliphatic hydroxyl groups excluding tert-OH is 1. The van der Waals surface area contributed by atoms with Crippen molar-refractivity contribution in [2.45, 2.75) is 84.3 Å². The van der Waals surface area contributed by atoms with Gasteiger partial charge in [0.1, 0.15) is 31.2 Å². The predicted octanol–water partition coefficient (Wildman–Crippen LogP) is 2.25. The molecule has 0 radical (unpaired) electrons. The number of hydrogen-bond acceptors (Lipinski definition) is 12. The van der Waals surface area contributed by atoms with Gasteiger partial charge in [0.15, 0.2) is 29.7 Å². The fourth-order valence-electron chi connectivity index (χ4n) is 4.86. The number of benzene rings is 2. The lowest BCUT2D eigenvalue weighted by Crippen LogP contribution is -2.67. The van der Waals surface area contributed by atoms with Crippen molar-refractivity contribution in [1.82, 2.24) is 10.2 Å². The molecule has 6 atom stereocenters. The highest BCUT2D eigenvalue weighted by molar-refractivity contribution is 7.80. The largest absolute Gasteiger partial charge is 0.490 e. The number of thiocarbonyl (C=S) groups is 1. The van der Waals surface area contributed by atoms with Crippen molar-refractivity contribution in [2.75, 3.05) is 19.8 Å². The number of carbonyl (C=O) groups excluding carboxylic acids is 4. The van der Waals surface area contributed by atoms with Crippen LogP contribution in [0.1, 0.15) is 41.5 Å². The monoisotopic (exact) mass is 648 g/mol. The molecule has 1 unspecified atom stereocenters. The molecule has 1 heterocycles. The van der Waals surface area contributed by atoms with Crippen molar-refractivity contribution in [3.05, 3.63) is 42.5 Å². The van der Waals surface area contributed by atoms with Gasteiger partial charge in [-0.2, -0.15) is 0 Å². The Hall–Kier alpha value is -4.01. The molecule has 0 aliphatic carbocycles. The number of hydrogen-bond donors (Lipinski definition) is 2. The minimum absolute atomic E-state index is 0.0289. The summed E-state index contributed by atoms with van der Waals surface area (Å²) in [6.45, 7) is 8.00. The molecule has 1 aliphatic rings. The summed E-state index contributed by atoms with van der Waals surface area (Å²) in [5.41, 5.74) is 0. The van der Waals surface area contributed by atoms with E-state index in [0.717, 1.165) is 31.5 Å². The minimum Gasteiger partial charge on any atom is -0.490 e. The number of nitrogens with zero attached hydrogens (tertiary/aromatic N) is 1. The maximum Gasteiger partial charge on any atom is 0.303 e. The average Bonchev–Trinajstić information content (AvgIpc) is 2.95. The summed E-state index contributed by atoms with van der Waals surface area (Å²) < 4.78 is 33.5. The summed E-state index contributed by atoms with van der Waals surface area (Å²) in [5, 5.41) is 16.0. The van der Waals surface area contributed by atoms with E-state index >= 15 is 0 Å². The van der Waals surface area contributed by atoms with Gasteiger partial charge in [0.25, 0.3) is 0 Å². The SMILES string of the molecule is CC(=O)OC[C@H]1O[C@@H](NC(=S)N(CC(O)COc2cccc3ccccc23)C(C)C)[C@H](OC(C)=O)[C@@H](OC(C)=O)[C@@H]1OC(C)=O. The minimum atomic E-state index is -1.35. The zero-order valence-electron chi connectivity index (χ0n) is 26.1. The molecule has 13 nitrogen and oxygen atoms in total. The number of nitrogens with one attached hydrogen (secondary N) is 1. The lowest BCUT2D eigenvalue weighted by Gasteiger charge is -2.45. The number of fused-ring (bicyclic) bond motifs is 1. The summed E-state index contributed by atoms with van der Waals surface area (Å²) in [5.74, 6) is -2.22. The second-order valence-electron chi connectivity index (χ2n) is 10.8.